The number of hydrogen-bond acceptors (Lipinski definition) is 3. The summed E-state index contributed by atoms with van der Waals surface area (Å²) in [6.07, 6.45) is 2.42. The van der Waals surface area contributed by atoms with Gasteiger partial charge in [0, 0.05) is 38.4 Å². The van der Waals surface area contributed by atoms with Gasteiger partial charge >= 0.3 is 0 Å². The Hall–Kier alpha value is -3.28. The molecular formula is C31H34FN3O. The average molecular weight is 484 g/mol. The number of benzene rings is 3. The molecule has 186 valence electrons. The van der Waals surface area contributed by atoms with Crippen LogP contribution in [0.3, 0.4) is 0 Å². The summed E-state index contributed by atoms with van der Waals surface area (Å²) in [5, 5.41) is 3.08. The maximum Gasteiger partial charge on any atom is 0.228 e. The van der Waals surface area contributed by atoms with Crippen molar-refractivity contribution in [3.63, 3.8) is 0 Å². The predicted octanol–water partition coefficient (Wildman–Crippen LogP) is 5.64. The Kier molecular flexibility index (Phi) is 7.30. The van der Waals surface area contributed by atoms with Crippen molar-refractivity contribution in [2.75, 3.05) is 45.1 Å². The SMILES string of the molecule is CC1=C(CN2CCN(C)CC2)CCc2cc(NC(=O)Cc3ccc(-c4ccc(F)cc4)cc3)ccc21. The van der Waals surface area contributed by atoms with Crippen LogP contribution in [0.2, 0.25) is 0 Å². The fourth-order valence-electron chi connectivity index (χ4n) is 5.23. The van der Waals surface area contributed by atoms with Gasteiger partial charge in [-0.2, -0.15) is 0 Å². The third kappa shape index (κ3) is 5.75. The second-order valence-corrected chi connectivity index (χ2v) is 10.1. The van der Waals surface area contributed by atoms with Crippen LogP contribution in [-0.2, 0) is 17.6 Å². The van der Waals surface area contributed by atoms with E-state index in [9.17, 15) is 9.18 Å². The Bertz CT molecular complexity index is 1260. The molecule has 1 N–H and O–H groups in total. The number of amides is 1. The van der Waals surface area contributed by atoms with E-state index in [4.69, 9.17) is 0 Å². The Morgan fingerprint density at radius 2 is 1.56 bits per heavy atom. The van der Waals surface area contributed by atoms with Crippen molar-refractivity contribution in [3.05, 3.63) is 94.8 Å². The molecule has 1 amide bonds. The zero-order chi connectivity index (χ0) is 25.1. The number of carbonyl (C=O) groups excluding carboxylic acids is 1. The number of hydrogen-bond donors (Lipinski definition) is 1. The number of halogens is 1. The van der Waals surface area contributed by atoms with Crippen LogP contribution in [0.15, 0.2) is 72.3 Å². The standard InChI is InChI=1S/C31H34FN3O/c1-22-27(21-35-17-15-34(2)16-18-35)8-7-26-20-29(13-14-30(22)26)33-31(36)19-23-3-5-24(6-4-23)25-9-11-28(32)12-10-25/h3-6,9-14,20H,7-8,15-19,21H2,1-2H3,(H,33,36). The van der Waals surface area contributed by atoms with Crippen LogP contribution >= 0.6 is 0 Å². The van der Waals surface area contributed by atoms with E-state index < -0.39 is 0 Å². The van der Waals surface area contributed by atoms with E-state index in [1.807, 2.05) is 30.3 Å². The molecule has 0 saturated carbocycles. The number of aryl methyl sites for hydroxylation is 1. The van der Waals surface area contributed by atoms with Crippen LogP contribution in [-0.4, -0.2) is 55.5 Å². The highest BCUT2D eigenvalue weighted by Crippen LogP contribution is 2.33. The number of nitrogens with one attached hydrogen (secondary N) is 1. The first kappa shape index (κ1) is 24.4. The van der Waals surface area contributed by atoms with Crippen molar-refractivity contribution in [2.45, 2.75) is 26.2 Å². The smallest absolute Gasteiger partial charge is 0.228 e. The molecule has 1 aliphatic carbocycles. The molecule has 3 aromatic carbocycles. The van der Waals surface area contributed by atoms with Gasteiger partial charge in [0.05, 0.1) is 6.42 Å². The molecule has 1 fully saturated rings. The summed E-state index contributed by atoms with van der Waals surface area (Å²) in [5.74, 6) is -0.269. The zero-order valence-electron chi connectivity index (χ0n) is 21.2. The molecule has 2 aliphatic rings. The molecule has 36 heavy (non-hydrogen) atoms. The first-order chi connectivity index (χ1) is 17.4. The summed E-state index contributed by atoms with van der Waals surface area (Å²) in [4.78, 5) is 17.7. The second-order valence-electron chi connectivity index (χ2n) is 10.1. The van der Waals surface area contributed by atoms with Gasteiger partial charge in [0.15, 0.2) is 0 Å². The van der Waals surface area contributed by atoms with Crippen molar-refractivity contribution in [3.8, 4) is 11.1 Å². The number of carbonyl (C=O) groups is 1. The number of piperazine rings is 1. The molecular weight excluding hydrogens is 449 g/mol. The lowest BCUT2D eigenvalue weighted by molar-refractivity contribution is -0.115. The van der Waals surface area contributed by atoms with E-state index in [1.54, 1.807) is 17.7 Å². The lowest BCUT2D eigenvalue weighted by Gasteiger charge is -2.34. The van der Waals surface area contributed by atoms with Gasteiger partial charge in [0.1, 0.15) is 5.82 Å². The average Bonchev–Trinajstić information content (AvgIpc) is 2.88. The van der Waals surface area contributed by atoms with Crippen LogP contribution in [0.1, 0.15) is 30.0 Å². The monoisotopic (exact) mass is 483 g/mol. The summed E-state index contributed by atoms with van der Waals surface area (Å²) in [6.45, 7) is 7.88. The molecule has 0 bridgehead atoms. The number of anilines is 1. The third-order valence-electron chi connectivity index (χ3n) is 7.53. The lowest BCUT2D eigenvalue weighted by Crippen LogP contribution is -2.45. The van der Waals surface area contributed by atoms with Crippen molar-refractivity contribution < 1.29 is 9.18 Å². The maximum atomic E-state index is 13.2. The fraction of sp³-hybridized carbons (Fsp3) is 0.323. The molecule has 1 heterocycles. The summed E-state index contributed by atoms with van der Waals surface area (Å²) < 4.78 is 13.2. The van der Waals surface area contributed by atoms with Crippen LogP contribution in [0.5, 0.6) is 0 Å². The molecule has 0 radical (unpaired) electrons. The number of likely N-dealkylation sites (N-methyl/N-ethyl adjacent to an activating group) is 1. The first-order valence-corrected chi connectivity index (χ1v) is 12.8. The zero-order valence-corrected chi connectivity index (χ0v) is 21.2. The summed E-state index contributed by atoms with van der Waals surface area (Å²) in [6, 6.07) is 20.6. The Morgan fingerprint density at radius 1 is 0.889 bits per heavy atom. The van der Waals surface area contributed by atoms with Gasteiger partial charge in [0.2, 0.25) is 5.91 Å². The quantitative estimate of drug-likeness (QED) is 0.493. The van der Waals surface area contributed by atoms with Gasteiger partial charge in [0.25, 0.3) is 0 Å². The number of nitrogens with zero attached hydrogens (tertiary/aromatic N) is 2. The minimum atomic E-state index is -0.244. The van der Waals surface area contributed by atoms with Crippen molar-refractivity contribution >= 4 is 17.2 Å². The van der Waals surface area contributed by atoms with Gasteiger partial charge < -0.3 is 10.2 Å². The molecule has 4 nitrogen and oxygen atoms in total. The number of rotatable bonds is 6. The van der Waals surface area contributed by atoms with E-state index in [-0.39, 0.29) is 11.7 Å². The molecule has 1 aliphatic heterocycles. The highest BCUT2D eigenvalue weighted by atomic mass is 19.1. The van der Waals surface area contributed by atoms with Crippen molar-refractivity contribution in [1.82, 2.24) is 9.80 Å². The molecule has 3 aromatic rings. The minimum Gasteiger partial charge on any atom is -0.326 e. The predicted molar refractivity (Wildman–Crippen MR) is 145 cm³/mol. The van der Waals surface area contributed by atoms with Crippen LogP contribution in [0, 0.1) is 5.82 Å². The second kappa shape index (κ2) is 10.8. The molecule has 5 rings (SSSR count). The number of fused-ring (bicyclic) bond motifs is 1. The topological polar surface area (TPSA) is 35.6 Å². The minimum absolute atomic E-state index is 0.0247. The normalized spacial score (nSPS) is 16.6. The molecule has 0 spiro atoms. The molecule has 0 unspecified atom stereocenters. The van der Waals surface area contributed by atoms with Gasteiger partial charge in [-0.25, -0.2) is 4.39 Å². The van der Waals surface area contributed by atoms with E-state index in [1.165, 1.54) is 28.8 Å². The van der Waals surface area contributed by atoms with E-state index >= 15 is 0 Å². The molecule has 1 saturated heterocycles. The summed E-state index contributed by atoms with van der Waals surface area (Å²) >= 11 is 0. The van der Waals surface area contributed by atoms with Gasteiger partial charge in [-0.1, -0.05) is 48.0 Å². The summed E-state index contributed by atoms with van der Waals surface area (Å²) in [7, 11) is 2.20. The highest BCUT2D eigenvalue weighted by molar-refractivity contribution is 5.92. The van der Waals surface area contributed by atoms with Crippen LogP contribution < -0.4 is 5.32 Å². The Labute approximate surface area is 213 Å². The molecule has 0 atom stereocenters. The van der Waals surface area contributed by atoms with E-state index in [0.717, 1.165) is 67.9 Å². The van der Waals surface area contributed by atoms with Gasteiger partial charge in [-0.3, -0.25) is 9.69 Å². The van der Waals surface area contributed by atoms with E-state index in [2.05, 4.69) is 41.2 Å². The van der Waals surface area contributed by atoms with E-state index in [0.29, 0.717) is 6.42 Å². The highest BCUT2D eigenvalue weighted by Gasteiger charge is 2.21. The maximum absolute atomic E-state index is 13.2. The third-order valence-corrected chi connectivity index (χ3v) is 7.53. The van der Waals surface area contributed by atoms with Gasteiger partial charge in [-0.05, 0) is 84.5 Å². The largest absolute Gasteiger partial charge is 0.326 e. The first-order valence-electron chi connectivity index (χ1n) is 12.8. The van der Waals surface area contributed by atoms with Crippen molar-refractivity contribution in [1.29, 1.82) is 0 Å². The Morgan fingerprint density at radius 3 is 2.25 bits per heavy atom. The molecule has 5 heteroatoms. The van der Waals surface area contributed by atoms with Crippen LogP contribution in [0.25, 0.3) is 16.7 Å². The Balaban J connectivity index is 1.20. The van der Waals surface area contributed by atoms with Gasteiger partial charge in [-0.15, -0.1) is 0 Å². The fourth-order valence-corrected chi connectivity index (χ4v) is 5.23. The van der Waals surface area contributed by atoms with Crippen LogP contribution in [0.4, 0.5) is 10.1 Å². The number of allylic oxidation sites excluding steroid dienone is 1. The lowest BCUT2D eigenvalue weighted by atomic mass is 9.85. The molecule has 0 aromatic heterocycles. The summed E-state index contributed by atoms with van der Waals surface area (Å²) in [5.41, 5.74) is 9.35. The van der Waals surface area contributed by atoms with Crippen molar-refractivity contribution in [2.24, 2.45) is 0 Å².